The lowest BCUT2D eigenvalue weighted by atomic mass is 10.3. The zero-order chi connectivity index (χ0) is 10.6. The molecule has 0 heterocycles. The molecule has 1 aromatic rings. The lowest BCUT2D eigenvalue weighted by Gasteiger charge is -2.12. The van der Waals surface area contributed by atoms with Gasteiger partial charge in [0.2, 0.25) is 0 Å². The van der Waals surface area contributed by atoms with E-state index in [2.05, 4.69) is 5.32 Å². The van der Waals surface area contributed by atoms with E-state index in [0.29, 0.717) is 11.6 Å². The molecule has 14 heavy (non-hydrogen) atoms. The lowest BCUT2D eigenvalue weighted by Crippen LogP contribution is -2.15. The van der Waals surface area contributed by atoms with Gasteiger partial charge in [0.1, 0.15) is 5.75 Å². The SMILES string of the molecule is COc1ccc(Cl)cc1NCC(C)O. The summed E-state index contributed by atoms with van der Waals surface area (Å²) in [6, 6.07) is 5.31. The molecule has 1 atom stereocenters. The molecule has 4 heteroatoms. The fourth-order valence-electron chi connectivity index (χ4n) is 1.08. The molecular weight excluding hydrogens is 202 g/mol. The van der Waals surface area contributed by atoms with Gasteiger partial charge in [-0.2, -0.15) is 0 Å². The molecule has 0 saturated carbocycles. The van der Waals surface area contributed by atoms with Gasteiger partial charge in [-0.3, -0.25) is 0 Å². The van der Waals surface area contributed by atoms with Crippen LogP contribution in [-0.2, 0) is 0 Å². The summed E-state index contributed by atoms with van der Waals surface area (Å²) in [5.74, 6) is 0.718. The van der Waals surface area contributed by atoms with E-state index in [1.54, 1.807) is 32.2 Å². The highest BCUT2D eigenvalue weighted by atomic mass is 35.5. The zero-order valence-electron chi connectivity index (χ0n) is 8.25. The highest BCUT2D eigenvalue weighted by Crippen LogP contribution is 2.27. The van der Waals surface area contributed by atoms with E-state index in [1.165, 1.54) is 0 Å². The van der Waals surface area contributed by atoms with Crippen LogP contribution in [0.4, 0.5) is 5.69 Å². The van der Waals surface area contributed by atoms with Gasteiger partial charge in [-0.15, -0.1) is 0 Å². The number of anilines is 1. The number of methoxy groups -OCH3 is 1. The molecule has 0 amide bonds. The number of hydrogen-bond acceptors (Lipinski definition) is 3. The van der Waals surface area contributed by atoms with E-state index < -0.39 is 6.10 Å². The Balaban J connectivity index is 2.77. The second-order valence-corrected chi connectivity index (χ2v) is 3.51. The Labute approximate surface area is 88.7 Å². The highest BCUT2D eigenvalue weighted by Gasteiger charge is 2.03. The number of halogens is 1. The van der Waals surface area contributed by atoms with Crippen LogP contribution in [0.15, 0.2) is 18.2 Å². The lowest BCUT2D eigenvalue weighted by molar-refractivity contribution is 0.208. The maximum atomic E-state index is 9.11. The quantitative estimate of drug-likeness (QED) is 0.809. The Kier molecular flexibility index (Phi) is 4.04. The summed E-state index contributed by atoms with van der Waals surface area (Å²) in [5, 5.41) is 12.8. The van der Waals surface area contributed by atoms with Crippen molar-refractivity contribution in [3.63, 3.8) is 0 Å². The number of nitrogens with one attached hydrogen (secondary N) is 1. The van der Waals surface area contributed by atoms with Gasteiger partial charge in [0.05, 0.1) is 18.9 Å². The van der Waals surface area contributed by atoms with Crippen LogP contribution in [0.3, 0.4) is 0 Å². The van der Waals surface area contributed by atoms with Crippen LogP contribution in [-0.4, -0.2) is 24.9 Å². The number of rotatable bonds is 4. The van der Waals surface area contributed by atoms with Crippen molar-refractivity contribution in [1.29, 1.82) is 0 Å². The first-order valence-corrected chi connectivity index (χ1v) is 4.76. The molecule has 0 bridgehead atoms. The third-order valence-electron chi connectivity index (χ3n) is 1.75. The predicted octanol–water partition coefficient (Wildman–Crippen LogP) is 2.14. The molecule has 0 aliphatic heterocycles. The third-order valence-corrected chi connectivity index (χ3v) is 1.98. The number of hydrogen-bond donors (Lipinski definition) is 2. The van der Waals surface area contributed by atoms with E-state index in [9.17, 15) is 0 Å². The molecule has 3 nitrogen and oxygen atoms in total. The topological polar surface area (TPSA) is 41.5 Å². The summed E-state index contributed by atoms with van der Waals surface area (Å²) in [4.78, 5) is 0. The van der Waals surface area contributed by atoms with Crippen LogP contribution in [0.5, 0.6) is 5.75 Å². The van der Waals surface area contributed by atoms with Crippen LogP contribution < -0.4 is 10.1 Å². The summed E-state index contributed by atoms with van der Waals surface area (Å²) < 4.78 is 5.13. The van der Waals surface area contributed by atoms with Crippen molar-refractivity contribution in [3.05, 3.63) is 23.2 Å². The monoisotopic (exact) mass is 215 g/mol. The fourth-order valence-corrected chi connectivity index (χ4v) is 1.25. The summed E-state index contributed by atoms with van der Waals surface area (Å²) in [6.07, 6.45) is -0.404. The van der Waals surface area contributed by atoms with Crippen LogP contribution in [0, 0.1) is 0 Å². The molecule has 0 aromatic heterocycles. The minimum Gasteiger partial charge on any atom is -0.495 e. The molecule has 1 aromatic carbocycles. The van der Waals surface area contributed by atoms with Crippen LogP contribution in [0.1, 0.15) is 6.92 Å². The summed E-state index contributed by atoms with van der Waals surface area (Å²) >= 11 is 5.83. The molecule has 0 spiro atoms. The standard InChI is InChI=1S/C10H14ClNO2/c1-7(13)6-12-9-5-8(11)3-4-10(9)14-2/h3-5,7,12-13H,6H2,1-2H3. The first-order chi connectivity index (χ1) is 6.63. The molecule has 78 valence electrons. The number of aliphatic hydroxyl groups is 1. The minimum absolute atomic E-state index is 0.404. The van der Waals surface area contributed by atoms with Gasteiger partial charge in [0.15, 0.2) is 0 Å². The average molecular weight is 216 g/mol. The third kappa shape index (κ3) is 3.09. The summed E-state index contributed by atoms with van der Waals surface area (Å²) in [7, 11) is 1.59. The number of aliphatic hydroxyl groups excluding tert-OH is 1. The first kappa shape index (κ1) is 11.1. The normalized spacial score (nSPS) is 12.3. The van der Waals surface area contributed by atoms with Gasteiger partial charge in [-0.05, 0) is 25.1 Å². The Morgan fingerprint density at radius 1 is 1.57 bits per heavy atom. The molecule has 1 rings (SSSR count). The van der Waals surface area contributed by atoms with Gasteiger partial charge in [0, 0.05) is 11.6 Å². The van der Waals surface area contributed by atoms with Crippen molar-refractivity contribution in [2.45, 2.75) is 13.0 Å². The van der Waals surface area contributed by atoms with Crippen molar-refractivity contribution in [1.82, 2.24) is 0 Å². The molecule has 0 fully saturated rings. The number of benzene rings is 1. The Morgan fingerprint density at radius 3 is 2.86 bits per heavy atom. The van der Waals surface area contributed by atoms with Crippen molar-refractivity contribution in [2.75, 3.05) is 19.0 Å². The maximum absolute atomic E-state index is 9.11. The van der Waals surface area contributed by atoms with Gasteiger partial charge in [-0.1, -0.05) is 11.6 Å². The molecule has 0 radical (unpaired) electrons. The predicted molar refractivity (Wildman–Crippen MR) is 58.2 cm³/mol. The molecule has 1 unspecified atom stereocenters. The molecule has 2 N–H and O–H groups in total. The number of ether oxygens (including phenoxy) is 1. The van der Waals surface area contributed by atoms with Gasteiger partial charge < -0.3 is 15.2 Å². The van der Waals surface area contributed by atoms with Crippen molar-refractivity contribution in [3.8, 4) is 5.75 Å². The van der Waals surface area contributed by atoms with E-state index in [1.807, 2.05) is 0 Å². The van der Waals surface area contributed by atoms with Crippen LogP contribution in [0.2, 0.25) is 5.02 Å². The Bertz CT molecular complexity index is 302. The Hall–Kier alpha value is -0.930. The van der Waals surface area contributed by atoms with Gasteiger partial charge >= 0.3 is 0 Å². The smallest absolute Gasteiger partial charge is 0.142 e. The fraction of sp³-hybridized carbons (Fsp3) is 0.400. The first-order valence-electron chi connectivity index (χ1n) is 4.39. The van der Waals surface area contributed by atoms with Gasteiger partial charge in [0.25, 0.3) is 0 Å². The molecular formula is C10H14ClNO2. The Morgan fingerprint density at radius 2 is 2.29 bits per heavy atom. The molecule has 0 saturated heterocycles. The maximum Gasteiger partial charge on any atom is 0.142 e. The second-order valence-electron chi connectivity index (χ2n) is 3.07. The molecule has 0 aliphatic rings. The van der Waals surface area contributed by atoms with Gasteiger partial charge in [-0.25, -0.2) is 0 Å². The summed E-state index contributed by atoms with van der Waals surface area (Å²) in [5.41, 5.74) is 0.793. The van der Waals surface area contributed by atoms with Crippen molar-refractivity contribution in [2.24, 2.45) is 0 Å². The van der Waals surface area contributed by atoms with E-state index in [4.69, 9.17) is 21.4 Å². The van der Waals surface area contributed by atoms with E-state index in [-0.39, 0.29) is 0 Å². The second kappa shape index (κ2) is 5.08. The zero-order valence-corrected chi connectivity index (χ0v) is 9.01. The average Bonchev–Trinajstić information content (AvgIpc) is 2.15. The van der Waals surface area contributed by atoms with Crippen molar-refractivity contribution >= 4 is 17.3 Å². The van der Waals surface area contributed by atoms with E-state index in [0.717, 1.165) is 11.4 Å². The van der Waals surface area contributed by atoms with Crippen LogP contribution >= 0.6 is 11.6 Å². The molecule has 0 aliphatic carbocycles. The highest BCUT2D eigenvalue weighted by molar-refractivity contribution is 6.30. The summed E-state index contributed by atoms with van der Waals surface area (Å²) in [6.45, 7) is 2.18. The minimum atomic E-state index is -0.404. The van der Waals surface area contributed by atoms with Crippen LogP contribution in [0.25, 0.3) is 0 Å². The largest absolute Gasteiger partial charge is 0.495 e. The van der Waals surface area contributed by atoms with Crippen molar-refractivity contribution < 1.29 is 9.84 Å². The van der Waals surface area contributed by atoms with E-state index >= 15 is 0 Å².